The lowest BCUT2D eigenvalue weighted by Gasteiger charge is -2.35. The van der Waals surface area contributed by atoms with E-state index in [0.717, 1.165) is 12.5 Å². The van der Waals surface area contributed by atoms with Crippen LogP contribution in [0.2, 0.25) is 0 Å². The molecular formula is C15H30N2O. The molecule has 0 spiro atoms. The third-order valence-corrected chi connectivity index (χ3v) is 5.52. The van der Waals surface area contributed by atoms with Crippen molar-refractivity contribution in [1.29, 1.82) is 0 Å². The maximum atomic E-state index is 9.69. The van der Waals surface area contributed by atoms with E-state index in [4.69, 9.17) is 0 Å². The molecule has 2 unspecified atom stereocenters. The highest BCUT2D eigenvalue weighted by Crippen LogP contribution is 2.37. The normalized spacial score (nSPS) is 33.7. The molecule has 0 aromatic heterocycles. The number of hydrogen-bond donors (Lipinski definition) is 2. The zero-order chi connectivity index (χ0) is 13.0. The van der Waals surface area contributed by atoms with Crippen LogP contribution in [-0.2, 0) is 0 Å². The Bertz CT molecular complexity index is 247. The Kier molecular flexibility index (Phi) is 5.05. The molecule has 3 heteroatoms. The van der Waals surface area contributed by atoms with Gasteiger partial charge in [0.25, 0.3) is 0 Å². The van der Waals surface area contributed by atoms with Crippen LogP contribution < -0.4 is 5.32 Å². The van der Waals surface area contributed by atoms with Crippen LogP contribution in [0, 0.1) is 5.92 Å². The van der Waals surface area contributed by atoms with Crippen LogP contribution in [0.4, 0.5) is 0 Å². The summed E-state index contributed by atoms with van der Waals surface area (Å²) in [6, 6.07) is 0.824. The minimum Gasteiger partial charge on any atom is -0.394 e. The topological polar surface area (TPSA) is 35.5 Å². The van der Waals surface area contributed by atoms with Crippen molar-refractivity contribution in [2.45, 2.75) is 62.9 Å². The van der Waals surface area contributed by atoms with E-state index in [2.05, 4.69) is 17.3 Å². The van der Waals surface area contributed by atoms with Crippen molar-refractivity contribution >= 4 is 0 Å². The van der Waals surface area contributed by atoms with Gasteiger partial charge in [-0.3, -0.25) is 0 Å². The Balaban J connectivity index is 1.81. The summed E-state index contributed by atoms with van der Waals surface area (Å²) in [5.74, 6) is 0.649. The zero-order valence-electron chi connectivity index (χ0n) is 12.1. The second kappa shape index (κ2) is 6.36. The standard InChI is InChI=1S/C15H30N2O/c1-16-15(12-18)10-5-6-13(15)9-11-17(2)14-7-3-4-8-14/h13-14,16,18H,3-12H2,1-2H3. The minimum atomic E-state index is 0.0104. The average Bonchev–Trinajstić information content (AvgIpc) is 3.05. The molecule has 0 aromatic carbocycles. The first-order valence-corrected chi connectivity index (χ1v) is 7.72. The predicted molar refractivity (Wildman–Crippen MR) is 75.7 cm³/mol. The highest BCUT2D eigenvalue weighted by Gasteiger charge is 2.40. The number of rotatable bonds is 6. The summed E-state index contributed by atoms with van der Waals surface area (Å²) in [6.07, 6.45) is 10.5. The highest BCUT2D eigenvalue weighted by molar-refractivity contribution is 4.98. The summed E-state index contributed by atoms with van der Waals surface area (Å²) in [5.41, 5.74) is 0.0104. The largest absolute Gasteiger partial charge is 0.394 e. The quantitative estimate of drug-likeness (QED) is 0.761. The lowest BCUT2D eigenvalue weighted by molar-refractivity contribution is 0.116. The van der Waals surface area contributed by atoms with E-state index in [1.807, 2.05) is 7.05 Å². The number of aliphatic hydroxyl groups is 1. The van der Waals surface area contributed by atoms with Gasteiger partial charge in [-0.25, -0.2) is 0 Å². The number of likely N-dealkylation sites (N-methyl/N-ethyl adjacent to an activating group) is 1. The predicted octanol–water partition coefficient (Wildman–Crippen LogP) is 2.00. The van der Waals surface area contributed by atoms with Gasteiger partial charge in [0.2, 0.25) is 0 Å². The molecule has 0 heterocycles. The van der Waals surface area contributed by atoms with Crippen LogP contribution in [0.3, 0.4) is 0 Å². The van der Waals surface area contributed by atoms with Crippen LogP contribution in [0.15, 0.2) is 0 Å². The van der Waals surface area contributed by atoms with Crippen molar-refractivity contribution in [1.82, 2.24) is 10.2 Å². The van der Waals surface area contributed by atoms with E-state index in [0.29, 0.717) is 12.5 Å². The Morgan fingerprint density at radius 2 is 1.94 bits per heavy atom. The van der Waals surface area contributed by atoms with E-state index in [1.165, 1.54) is 51.5 Å². The first-order valence-electron chi connectivity index (χ1n) is 7.72. The van der Waals surface area contributed by atoms with Crippen molar-refractivity contribution in [2.24, 2.45) is 5.92 Å². The molecule has 18 heavy (non-hydrogen) atoms. The number of nitrogens with one attached hydrogen (secondary N) is 1. The van der Waals surface area contributed by atoms with Crippen molar-refractivity contribution in [3.8, 4) is 0 Å². The van der Waals surface area contributed by atoms with E-state index in [-0.39, 0.29) is 5.54 Å². The fraction of sp³-hybridized carbons (Fsp3) is 1.00. The Labute approximate surface area is 112 Å². The van der Waals surface area contributed by atoms with E-state index >= 15 is 0 Å². The molecule has 0 bridgehead atoms. The van der Waals surface area contributed by atoms with E-state index in [9.17, 15) is 5.11 Å². The van der Waals surface area contributed by atoms with Crippen LogP contribution in [0.5, 0.6) is 0 Å². The fourth-order valence-corrected chi connectivity index (χ4v) is 4.07. The van der Waals surface area contributed by atoms with Gasteiger partial charge in [-0.15, -0.1) is 0 Å². The molecule has 0 radical (unpaired) electrons. The number of hydrogen-bond acceptors (Lipinski definition) is 3. The van der Waals surface area contributed by atoms with Crippen molar-refractivity contribution in [3.05, 3.63) is 0 Å². The first-order chi connectivity index (χ1) is 8.72. The van der Waals surface area contributed by atoms with E-state index in [1.54, 1.807) is 0 Å². The van der Waals surface area contributed by atoms with Gasteiger partial charge in [0, 0.05) is 11.6 Å². The molecule has 2 rings (SSSR count). The third kappa shape index (κ3) is 2.89. The molecule has 2 N–H and O–H groups in total. The van der Waals surface area contributed by atoms with E-state index < -0.39 is 0 Å². The van der Waals surface area contributed by atoms with Crippen LogP contribution in [0.25, 0.3) is 0 Å². The zero-order valence-corrected chi connectivity index (χ0v) is 12.1. The minimum absolute atomic E-state index is 0.0104. The molecular weight excluding hydrogens is 224 g/mol. The molecule has 2 atom stereocenters. The first kappa shape index (κ1) is 14.3. The van der Waals surface area contributed by atoms with Crippen molar-refractivity contribution in [3.63, 3.8) is 0 Å². The molecule has 2 fully saturated rings. The number of nitrogens with zero attached hydrogens (tertiary/aromatic N) is 1. The van der Waals surface area contributed by atoms with Gasteiger partial charge in [-0.1, -0.05) is 19.3 Å². The van der Waals surface area contributed by atoms with Gasteiger partial charge < -0.3 is 15.3 Å². The molecule has 0 aromatic rings. The average molecular weight is 254 g/mol. The Morgan fingerprint density at radius 3 is 2.56 bits per heavy atom. The summed E-state index contributed by atoms with van der Waals surface area (Å²) in [5, 5.41) is 13.1. The molecule has 0 amide bonds. The monoisotopic (exact) mass is 254 g/mol. The van der Waals surface area contributed by atoms with Crippen molar-refractivity contribution < 1.29 is 5.11 Å². The molecule has 0 aliphatic heterocycles. The summed E-state index contributed by atoms with van der Waals surface area (Å²) in [6.45, 7) is 1.49. The van der Waals surface area contributed by atoms with Gasteiger partial charge in [0.1, 0.15) is 0 Å². The Hall–Kier alpha value is -0.120. The second-order valence-corrected chi connectivity index (χ2v) is 6.36. The Morgan fingerprint density at radius 1 is 1.22 bits per heavy atom. The maximum Gasteiger partial charge on any atom is 0.0615 e. The molecule has 2 saturated carbocycles. The van der Waals surface area contributed by atoms with Gasteiger partial charge in [0.15, 0.2) is 0 Å². The SMILES string of the molecule is CNC1(CO)CCCC1CCN(C)C1CCCC1. The fourth-order valence-electron chi connectivity index (χ4n) is 4.07. The van der Waals surface area contributed by atoms with Gasteiger partial charge in [0.05, 0.1) is 6.61 Å². The molecule has 2 aliphatic rings. The highest BCUT2D eigenvalue weighted by atomic mass is 16.3. The third-order valence-electron chi connectivity index (χ3n) is 5.52. The molecule has 0 saturated heterocycles. The summed E-state index contributed by atoms with van der Waals surface area (Å²) < 4.78 is 0. The van der Waals surface area contributed by atoms with Gasteiger partial charge in [-0.2, -0.15) is 0 Å². The second-order valence-electron chi connectivity index (χ2n) is 6.36. The number of aliphatic hydroxyl groups excluding tert-OH is 1. The van der Waals surface area contributed by atoms with Gasteiger partial charge in [-0.05, 0) is 58.7 Å². The molecule has 3 nitrogen and oxygen atoms in total. The molecule has 2 aliphatic carbocycles. The van der Waals surface area contributed by atoms with Crippen LogP contribution >= 0.6 is 0 Å². The van der Waals surface area contributed by atoms with Crippen LogP contribution in [-0.4, -0.2) is 48.8 Å². The van der Waals surface area contributed by atoms with Crippen LogP contribution in [0.1, 0.15) is 51.4 Å². The summed E-state index contributed by atoms with van der Waals surface area (Å²) in [7, 11) is 4.29. The van der Waals surface area contributed by atoms with Crippen molar-refractivity contribution in [2.75, 3.05) is 27.2 Å². The summed E-state index contributed by atoms with van der Waals surface area (Å²) in [4.78, 5) is 2.56. The lowest BCUT2D eigenvalue weighted by atomic mass is 9.85. The molecule has 106 valence electrons. The van der Waals surface area contributed by atoms with Gasteiger partial charge >= 0.3 is 0 Å². The summed E-state index contributed by atoms with van der Waals surface area (Å²) >= 11 is 0. The maximum absolute atomic E-state index is 9.69. The smallest absolute Gasteiger partial charge is 0.0615 e. The lowest BCUT2D eigenvalue weighted by Crippen LogP contribution is -2.50.